The van der Waals surface area contributed by atoms with Crippen molar-refractivity contribution in [1.82, 2.24) is 10.4 Å². The predicted octanol–water partition coefficient (Wildman–Crippen LogP) is 2.34. The maximum atomic E-state index is 3.64. The first kappa shape index (κ1) is 12.9. The van der Waals surface area contributed by atoms with E-state index < -0.39 is 0 Å². The van der Waals surface area contributed by atoms with Gasteiger partial charge in [0.2, 0.25) is 0 Å². The van der Waals surface area contributed by atoms with Crippen LogP contribution < -0.4 is 10.4 Å². The minimum atomic E-state index is 0.637. The van der Waals surface area contributed by atoms with Crippen LogP contribution in [0.1, 0.15) is 26.7 Å². The highest BCUT2D eigenvalue weighted by Crippen LogP contribution is 2.18. The highest BCUT2D eigenvalue weighted by atomic mass is 31.1. The molecule has 0 spiro atoms. The van der Waals surface area contributed by atoms with Crippen LogP contribution in [0.25, 0.3) is 0 Å². The molecule has 0 aromatic carbocycles. The van der Waals surface area contributed by atoms with Crippen LogP contribution in [0.4, 0.5) is 0 Å². The zero-order chi connectivity index (χ0) is 10.1. The predicted molar refractivity (Wildman–Crippen MR) is 63.4 cm³/mol. The van der Waals surface area contributed by atoms with Gasteiger partial charge in [0.15, 0.2) is 0 Å². The Bertz CT molecular complexity index is 128. The number of rotatable bonds is 8. The van der Waals surface area contributed by atoms with Gasteiger partial charge in [-0.3, -0.25) is 0 Å². The summed E-state index contributed by atoms with van der Waals surface area (Å²) in [6.45, 7) is 8.16. The lowest BCUT2D eigenvalue weighted by molar-refractivity contribution is 0.437. The topological polar surface area (TPSA) is 24.1 Å². The molecule has 3 unspecified atom stereocenters. The third-order valence-corrected chi connectivity index (χ3v) is 3.54. The molecule has 0 aliphatic rings. The second-order valence-electron chi connectivity index (χ2n) is 3.43. The van der Waals surface area contributed by atoms with Gasteiger partial charge in [0, 0.05) is 6.04 Å². The molecule has 0 saturated heterocycles. The summed E-state index contributed by atoms with van der Waals surface area (Å²) in [5, 5.41) is 6.46. The second kappa shape index (κ2) is 8.52. The van der Waals surface area contributed by atoms with Crippen molar-refractivity contribution < 1.29 is 0 Å². The van der Waals surface area contributed by atoms with E-state index in [0.29, 0.717) is 6.04 Å². The van der Waals surface area contributed by atoms with E-state index in [1.165, 1.54) is 19.0 Å². The van der Waals surface area contributed by atoms with Gasteiger partial charge in [-0.15, -0.1) is 0 Å². The highest BCUT2D eigenvalue weighted by molar-refractivity contribution is 7.35. The van der Waals surface area contributed by atoms with Crippen LogP contribution >= 0.6 is 8.73 Å². The Morgan fingerprint density at radius 1 is 1.54 bits per heavy atom. The van der Waals surface area contributed by atoms with Crippen molar-refractivity contribution in [3.05, 3.63) is 12.8 Å². The van der Waals surface area contributed by atoms with Crippen LogP contribution in [-0.4, -0.2) is 19.3 Å². The molecular formula is C10H23N2P. The Balaban J connectivity index is 3.55. The molecule has 0 bridgehead atoms. The molecule has 0 aromatic heterocycles. The third-order valence-electron chi connectivity index (χ3n) is 2.35. The number of hydrogen-bond acceptors (Lipinski definition) is 2. The van der Waals surface area contributed by atoms with E-state index in [-0.39, 0.29) is 0 Å². The molecule has 0 aromatic rings. The van der Waals surface area contributed by atoms with E-state index in [9.17, 15) is 0 Å². The van der Waals surface area contributed by atoms with Crippen LogP contribution in [0.2, 0.25) is 0 Å². The van der Waals surface area contributed by atoms with E-state index in [1.807, 2.05) is 7.05 Å². The Labute approximate surface area is 84.4 Å². The second-order valence-corrected chi connectivity index (χ2v) is 4.48. The van der Waals surface area contributed by atoms with Crippen molar-refractivity contribution in [2.75, 3.05) is 13.2 Å². The van der Waals surface area contributed by atoms with Crippen LogP contribution in [0.15, 0.2) is 12.8 Å². The largest absolute Gasteiger partial charge is 0.373 e. The molecular weight excluding hydrogens is 179 g/mol. The molecule has 3 atom stereocenters. The monoisotopic (exact) mass is 202 g/mol. The first-order chi connectivity index (χ1) is 6.24. The molecule has 0 fully saturated rings. The van der Waals surface area contributed by atoms with Crippen molar-refractivity contribution in [2.24, 2.45) is 5.92 Å². The molecule has 2 N–H and O–H groups in total. The van der Waals surface area contributed by atoms with Crippen LogP contribution in [-0.2, 0) is 0 Å². The third kappa shape index (κ3) is 7.04. The smallest absolute Gasteiger partial charge is 0.00384 e. The van der Waals surface area contributed by atoms with Gasteiger partial charge >= 0.3 is 0 Å². The lowest BCUT2D eigenvalue weighted by Crippen LogP contribution is -2.25. The standard InChI is InChI=1S/C10H23N2P/c1-5-10(7-9(3)11-4)8-13-12-6-2/h6,9-13H,2,5,7-8H2,1,3-4H3. The average molecular weight is 202 g/mol. The quantitative estimate of drug-likeness (QED) is 0.466. The Morgan fingerprint density at radius 3 is 2.69 bits per heavy atom. The molecule has 78 valence electrons. The van der Waals surface area contributed by atoms with E-state index in [2.05, 4.69) is 30.8 Å². The average Bonchev–Trinajstić information content (AvgIpc) is 2.16. The fraction of sp³-hybridized carbons (Fsp3) is 0.800. The Hall–Kier alpha value is -0.0700. The van der Waals surface area contributed by atoms with Gasteiger partial charge < -0.3 is 10.4 Å². The lowest BCUT2D eigenvalue weighted by Gasteiger charge is -2.18. The lowest BCUT2D eigenvalue weighted by atomic mass is 10.0. The number of nitrogens with one attached hydrogen (secondary N) is 2. The summed E-state index contributed by atoms with van der Waals surface area (Å²) in [5.41, 5.74) is 0. The molecule has 13 heavy (non-hydrogen) atoms. The summed E-state index contributed by atoms with van der Waals surface area (Å²) < 4.78 is 0. The summed E-state index contributed by atoms with van der Waals surface area (Å²) in [7, 11) is 2.85. The minimum Gasteiger partial charge on any atom is -0.373 e. The van der Waals surface area contributed by atoms with Crippen molar-refractivity contribution in [1.29, 1.82) is 0 Å². The maximum Gasteiger partial charge on any atom is 0.00384 e. The van der Waals surface area contributed by atoms with Gasteiger partial charge in [-0.05, 0) is 47.4 Å². The Morgan fingerprint density at radius 2 is 2.23 bits per heavy atom. The molecule has 0 saturated carbocycles. The van der Waals surface area contributed by atoms with E-state index in [1.54, 1.807) is 6.20 Å². The summed E-state index contributed by atoms with van der Waals surface area (Å²) in [6, 6.07) is 0.637. The SMILES string of the molecule is C=CNPCC(CC)CC(C)NC. The van der Waals surface area contributed by atoms with Gasteiger partial charge in [-0.2, -0.15) is 0 Å². The first-order valence-corrected chi connectivity index (χ1v) is 6.21. The van der Waals surface area contributed by atoms with Gasteiger partial charge in [0.25, 0.3) is 0 Å². The van der Waals surface area contributed by atoms with Crippen LogP contribution in [0.3, 0.4) is 0 Å². The van der Waals surface area contributed by atoms with Gasteiger partial charge in [-0.1, -0.05) is 19.9 Å². The molecule has 0 amide bonds. The molecule has 3 heteroatoms. The van der Waals surface area contributed by atoms with Gasteiger partial charge in [0.05, 0.1) is 0 Å². The van der Waals surface area contributed by atoms with Crippen molar-refractivity contribution in [3.8, 4) is 0 Å². The van der Waals surface area contributed by atoms with E-state index in [0.717, 1.165) is 14.6 Å². The maximum absolute atomic E-state index is 3.64. The highest BCUT2D eigenvalue weighted by Gasteiger charge is 2.09. The molecule has 0 heterocycles. The van der Waals surface area contributed by atoms with Crippen molar-refractivity contribution >= 4 is 8.73 Å². The molecule has 0 radical (unpaired) electrons. The number of hydrogen-bond donors (Lipinski definition) is 2. The van der Waals surface area contributed by atoms with Crippen molar-refractivity contribution in [3.63, 3.8) is 0 Å². The summed E-state index contributed by atoms with van der Waals surface area (Å²) >= 11 is 0. The van der Waals surface area contributed by atoms with Crippen molar-refractivity contribution in [2.45, 2.75) is 32.7 Å². The molecule has 2 nitrogen and oxygen atoms in total. The van der Waals surface area contributed by atoms with E-state index in [4.69, 9.17) is 0 Å². The summed E-state index contributed by atoms with van der Waals surface area (Å²) in [6.07, 6.45) is 5.61. The molecule has 0 aliphatic carbocycles. The summed E-state index contributed by atoms with van der Waals surface area (Å²) in [5.74, 6) is 0.841. The van der Waals surface area contributed by atoms with E-state index >= 15 is 0 Å². The summed E-state index contributed by atoms with van der Waals surface area (Å²) in [4.78, 5) is 0. The van der Waals surface area contributed by atoms with Crippen LogP contribution in [0, 0.1) is 5.92 Å². The normalized spacial score (nSPS) is 15.9. The van der Waals surface area contributed by atoms with Gasteiger partial charge in [0.1, 0.15) is 0 Å². The zero-order valence-electron chi connectivity index (χ0n) is 9.06. The van der Waals surface area contributed by atoms with Gasteiger partial charge in [-0.25, -0.2) is 0 Å². The minimum absolute atomic E-state index is 0.637. The van der Waals surface area contributed by atoms with Crippen LogP contribution in [0.5, 0.6) is 0 Å². The molecule has 0 aliphatic heterocycles. The first-order valence-electron chi connectivity index (χ1n) is 5.01. The zero-order valence-corrected chi connectivity index (χ0v) is 10.1. The Kier molecular flexibility index (Phi) is 8.48. The fourth-order valence-corrected chi connectivity index (χ4v) is 2.29. The fourth-order valence-electron chi connectivity index (χ4n) is 1.29. The molecule has 0 rings (SSSR count).